The average Bonchev–Trinajstić information content (AvgIpc) is 3.05. The number of ether oxygens (including phenoxy) is 2. The van der Waals surface area contributed by atoms with Crippen molar-refractivity contribution in [3.8, 4) is 5.75 Å². The molecule has 2 aromatic carbocycles. The first-order valence-electron chi connectivity index (χ1n) is 17.0. The molecule has 254 valence electrons. The summed E-state index contributed by atoms with van der Waals surface area (Å²) in [4.78, 5) is 32.3. The Balaban J connectivity index is 0.967. The molecule has 3 aliphatic heterocycles. The van der Waals surface area contributed by atoms with Crippen LogP contribution in [0.15, 0.2) is 54.7 Å². The first kappa shape index (κ1) is 34.0. The fourth-order valence-corrected chi connectivity index (χ4v) is 7.45. The average molecular weight is 671 g/mol. The highest BCUT2D eigenvalue weighted by Gasteiger charge is 2.47. The number of anilines is 1. The summed E-state index contributed by atoms with van der Waals surface area (Å²) in [5.74, 6) is 1.54. The maximum atomic E-state index is 12.5. The second-order valence-corrected chi connectivity index (χ2v) is 15.6. The molecule has 10 heteroatoms. The number of carbonyl (C=O) groups is 1. The van der Waals surface area contributed by atoms with Gasteiger partial charge in [0.05, 0.1) is 12.3 Å². The molecule has 4 heterocycles. The Hall–Kier alpha value is -3.87. The fourth-order valence-electron chi connectivity index (χ4n) is 7.22. The van der Waals surface area contributed by atoms with Gasteiger partial charge in [-0.1, -0.05) is 43.6 Å². The van der Waals surface area contributed by atoms with Crippen LogP contribution in [0.4, 0.5) is 16.4 Å². The van der Waals surface area contributed by atoms with Gasteiger partial charge in [-0.15, -0.1) is 0 Å². The summed E-state index contributed by atoms with van der Waals surface area (Å²) < 4.78 is 11.7. The lowest BCUT2D eigenvalue weighted by molar-refractivity contribution is -0.0625. The lowest BCUT2D eigenvalue weighted by atomic mass is 9.71. The molecule has 3 fully saturated rings. The number of likely N-dealkylation sites (tertiary alicyclic amines) is 2. The minimum Gasteiger partial charge on any atom is -0.487 e. The Morgan fingerprint density at radius 2 is 1.67 bits per heavy atom. The molecule has 1 aromatic heterocycles. The van der Waals surface area contributed by atoms with Crippen molar-refractivity contribution in [2.45, 2.75) is 84.0 Å². The van der Waals surface area contributed by atoms with E-state index >= 15 is 0 Å². The number of halogens is 1. The molecule has 1 amide bonds. The smallest absolute Gasteiger partial charge is 0.410 e. The summed E-state index contributed by atoms with van der Waals surface area (Å²) in [5.41, 5.74) is 3.10. The number of benzene rings is 2. The van der Waals surface area contributed by atoms with Crippen molar-refractivity contribution in [2.24, 2.45) is 5.41 Å². The van der Waals surface area contributed by atoms with Crippen molar-refractivity contribution in [1.29, 1.82) is 0 Å². The van der Waals surface area contributed by atoms with Crippen molar-refractivity contribution in [3.05, 3.63) is 88.0 Å². The van der Waals surface area contributed by atoms with Gasteiger partial charge in [-0.05, 0) is 93.3 Å². The molecule has 0 aliphatic carbocycles. The molecule has 48 heavy (non-hydrogen) atoms. The second-order valence-electron chi connectivity index (χ2n) is 15.2. The zero-order valence-corrected chi connectivity index (χ0v) is 29.6. The predicted molar refractivity (Wildman–Crippen MR) is 189 cm³/mol. The number of aromatic nitrogens is 2. The minimum absolute atomic E-state index is 0.187. The normalized spacial score (nSPS) is 18.7. The van der Waals surface area contributed by atoms with Gasteiger partial charge in [-0.25, -0.2) is 19.6 Å². The van der Waals surface area contributed by atoms with E-state index in [-0.39, 0.29) is 11.5 Å². The third kappa shape index (κ3) is 7.71. The van der Waals surface area contributed by atoms with Crippen molar-refractivity contribution >= 4 is 29.3 Å². The molecule has 1 spiro atoms. The third-order valence-corrected chi connectivity index (χ3v) is 10.4. The summed E-state index contributed by atoms with van der Waals surface area (Å²) in [5, 5.41) is 0.569. The number of nitrogens with zero attached hydrogens (tertiary/aromatic N) is 6. The molecular weight excluding hydrogens is 624 g/mol. The van der Waals surface area contributed by atoms with Gasteiger partial charge in [0.2, 0.25) is 5.95 Å². The summed E-state index contributed by atoms with van der Waals surface area (Å²) in [6, 6.07) is 16.1. The molecule has 3 aromatic rings. The second kappa shape index (κ2) is 13.6. The van der Waals surface area contributed by atoms with Gasteiger partial charge >= 0.3 is 6.09 Å². The fraction of sp³-hybridized carbons (Fsp3) is 0.526. The highest BCUT2D eigenvalue weighted by molar-refractivity contribution is 6.31. The van der Waals surface area contributed by atoms with Crippen LogP contribution in [-0.4, -0.2) is 76.8 Å². The highest BCUT2D eigenvalue weighted by atomic mass is 35.5. The van der Waals surface area contributed by atoms with E-state index in [0.29, 0.717) is 28.8 Å². The maximum Gasteiger partial charge on any atom is 0.410 e. The van der Waals surface area contributed by atoms with Crippen molar-refractivity contribution in [2.75, 3.05) is 44.2 Å². The summed E-state index contributed by atoms with van der Waals surface area (Å²) in [6.07, 6.45) is 5.95. The van der Waals surface area contributed by atoms with Crippen LogP contribution in [-0.2, 0) is 16.8 Å². The number of carbonyl (C=O) groups excluding carboxylic acids is 1. The van der Waals surface area contributed by atoms with E-state index in [9.17, 15) is 4.79 Å². The third-order valence-electron chi connectivity index (χ3n) is 10.2. The van der Waals surface area contributed by atoms with Gasteiger partial charge < -0.3 is 19.3 Å². The Bertz CT molecular complexity index is 1640. The first-order valence-corrected chi connectivity index (χ1v) is 17.4. The Morgan fingerprint density at radius 1 is 0.979 bits per heavy atom. The SMILES string of the molecule is [C-]#[N+]c1cc(Cl)cc(C(C)(C)c2ccc(OCc3ccnc(N4CCC5(CC4)CN(C4CCN(C(=O)OC(C)(C)C)CC4)C5)n3)cc2)c1. The molecular formula is C38H47ClN6O3. The van der Waals surface area contributed by atoms with Gasteiger partial charge in [0, 0.05) is 61.9 Å². The summed E-state index contributed by atoms with van der Waals surface area (Å²) in [7, 11) is 0. The van der Waals surface area contributed by atoms with Gasteiger partial charge in [0.1, 0.15) is 18.0 Å². The molecule has 0 atom stereocenters. The molecule has 0 radical (unpaired) electrons. The van der Waals surface area contributed by atoms with E-state index in [1.54, 1.807) is 6.07 Å². The Morgan fingerprint density at radius 3 is 2.31 bits per heavy atom. The van der Waals surface area contributed by atoms with Crippen molar-refractivity contribution < 1.29 is 14.3 Å². The molecule has 0 saturated carbocycles. The number of rotatable bonds is 7. The Labute approximate surface area is 290 Å². The number of amides is 1. The predicted octanol–water partition coefficient (Wildman–Crippen LogP) is 7.89. The van der Waals surface area contributed by atoms with E-state index in [2.05, 4.69) is 45.6 Å². The summed E-state index contributed by atoms with van der Waals surface area (Å²) in [6.45, 7) is 23.5. The van der Waals surface area contributed by atoms with E-state index in [4.69, 9.17) is 32.6 Å². The lowest BCUT2D eigenvalue weighted by Gasteiger charge is -2.57. The molecule has 6 rings (SSSR count). The van der Waals surface area contributed by atoms with Gasteiger partial charge in [0.25, 0.3) is 0 Å². The standard InChI is InChI=1S/C38H47ClN6O3/c1-36(2,3)48-35(46)44-17-12-32(13-18-44)45-25-38(26-45)14-19-43(20-15-38)34-41-16-11-30(42-34)24-47-33-9-7-27(8-10-33)37(4,5)28-21-29(39)23-31(22-28)40-6/h7-11,16,21-23,32H,12-15,17-20,24-26H2,1-5H3. The zero-order chi connectivity index (χ0) is 34.1. The van der Waals surface area contributed by atoms with E-state index < -0.39 is 5.60 Å². The van der Waals surface area contributed by atoms with Crippen LogP contribution < -0.4 is 9.64 Å². The molecule has 0 bridgehead atoms. The molecule has 0 unspecified atom stereocenters. The van der Waals surface area contributed by atoms with Gasteiger partial charge in [-0.2, -0.15) is 0 Å². The van der Waals surface area contributed by atoms with Crippen molar-refractivity contribution in [1.82, 2.24) is 19.8 Å². The number of hydrogen-bond donors (Lipinski definition) is 0. The van der Waals surface area contributed by atoms with Crippen LogP contribution >= 0.6 is 11.6 Å². The summed E-state index contributed by atoms with van der Waals surface area (Å²) >= 11 is 6.29. The van der Waals surface area contributed by atoms with Crippen molar-refractivity contribution in [3.63, 3.8) is 0 Å². The maximum absolute atomic E-state index is 12.5. The van der Waals surface area contributed by atoms with Gasteiger partial charge in [0.15, 0.2) is 5.69 Å². The van der Waals surface area contributed by atoms with Gasteiger partial charge in [-0.3, -0.25) is 4.90 Å². The minimum atomic E-state index is -0.454. The van der Waals surface area contributed by atoms with E-state index in [1.165, 1.54) is 0 Å². The Kier molecular flexibility index (Phi) is 9.61. The van der Waals surface area contributed by atoms with E-state index in [0.717, 1.165) is 93.5 Å². The monoisotopic (exact) mass is 670 g/mol. The van der Waals surface area contributed by atoms with E-state index in [1.807, 2.05) is 62.2 Å². The largest absolute Gasteiger partial charge is 0.487 e. The molecule has 0 N–H and O–H groups in total. The molecule has 9 nitrogen and oxygen atoms in total. The van der Waals surface area contributed by atoms with Crippen LogP contribution in [0.5, 0.6) is 5.75 Å². The molecule has 3 aliphatic rings. The quantitative estimate of drug-likeness (QED) is 0.237. The topological polar surface area (TPSA) is 75.4 Å². The van der Waals surface area contributed by atoms with Crippen LogP contribution in [0.2, 0.25) is 5.02 Å². The highest BCUT2D eigenvalue weighted by Crippen LogP contribution is 2.43. The molecule has 3 saturated heterocycles. The first-order chi connectivity index (χ1) is 22.8. The number of hydrogen-bond acceptors (Lipinski definition) is 7. The van der Waals surface area contributed by atoms with Crippen LogP contribution in [0.25, 0.3) is 4.85 Å². The van der Waals surface area contributed by atoms with Crippen LogP contribution in [0, 0.1) is 12.0 Å². The van der Waals surface area contributed by atoms with Crippen LogP contribution in [0.3, 0.4) is 0 Å². The van der Waals surface area contributed by atoms with Crippen LogP contribution in [0.1, 0.15) is 77.1 Å². The zero-order valence-electron chi connectivity index (χ0n) is 28.8. The lowest BCUT2D eigenvalue weighted by Crippen LogP contribution is -2.64. The number of piperidine rings is 2.